The summed E-state index contributed by atoms with van der Waals surface area (Å²) in [6.07, 6.45) is 1.29. The Kier molecular flexibility index (Phi) is 5.51. The van der Waals surface area contributed by atoms with Gasteiger partial charge in [0.1, 0.15) is 35.0 Å². The average molecular weight is 455 g/mol. The van der Waals surface area contributed by atoms with E-state index in [1.165, 1.54) is 50.8 Å². The van der Waals surface area contributed by atoms with Crippen molar-refractivity contribution in [1.82, 2.24) is 40.6 Å². The smallest absolute Gasteiger partial charge is 0.352 e. The molecule has 1 fully saturated rings. The molecular formula is C14H14N8O4S3. The second-order valence-electron chi connectivity index (χ2n) is 6.10. The van der Waals surface area contributed by atoms with Gasteiger partial charge in [-0.05, 0) is 22.9 Å². The van der Waals surface area contributed by atoms with Crippen LogP contribution in [0.5, 0.6) is 0 Å². The summed E-state index contributed by atoms with van der Waals surface area (Å²) in [6, 6.07) is -0.779. The zero-order chi connectivity index (χ0) is 20.5. The van der Waals surface area contributed by atoms with Crippen molar-refractivity contribution in [3.8, 4) is 0 Å². The average Bonchev–Trinajstić information content (AvgIpc) is 3.35. The number of carboxylic acid groups (broad SMARTS) is 1. The number of carbonyl (C=O) groups is 3. The summed E-state index contributed by atoms with van der Waals surface area (Å²) in [5.74, 6) is -1.19. The first-order chi connectivity index (χ1) is 13.9. The molecule has 2 aliphatic heterocycles. The van der Waals surface area contributed by atoms with Crippen molar-refractivity contribution >= 4 is 52.6 Å². The van der Waals surface area contributed by atoms with E-state index in [9.17, 15) is 19.5 Å². The molecule has 2 amide bonds. The highest BCUT2D eigenvalue weighted by atomic mass is 32.2. The lowest BCUT2D eigenvalue weighted by atomic mass is 10.0. The molecule has 0 radical (unpaired) electrons. The number of aromatic nitrogens is 6. The number of carboxylic acids is 1. The number of aliphatic carboxylic acids is 1. The number of hydrogen-bond donors (Lipinski definition) is 2. The van der Waals surface area contributed by atoms with Crippen LogP contribution in [0.4, 0.5) is 0 Å². The lowest BCUT2D eigenvalue weighted by Gasteiger charge is -2.49. The van der Waals surface area contributed by atoms with Crippen molar-refractivity contribution in [2.45, 2.75) is 29.2 Å². The Morgan fingerprint density at radius 2 is 2.24 bits per heavy atom. The Hall–Kier alpha value is -2.52. The molecule has 2 atom stereocenters. The molecule has 12 nitrogen and oxygen atoms in total. The summed E-state index contributed by atoms with van der Waals surface area (Å²) in [4.78, 5) is 37.8. The molecule has 2 aromatic rings. The van der Waals surface area contributed by atoms with E-state index in [0.717, 1.165) is 9.35 Å². The van der Waals surface area contributed by atoms with Gasteiger partial charge in [0.05, 0.1) is 0 Å². The first-order valence-electron chi connectivity index (χ1n) is 8.27. The number of nitrogens with zero attached hydrogens (tertiary/aromatic N) is 7. The number of thioether (sulfide) groups is 2. The molecule has 1 saturated heterocycles. The Balaban J connectivity index is 1.44. The Bertz CT molecular complexity index is 991. The number of rotatable bonds is 7. The lowest BCUT2D eigenvalue weighted by Crippen LogP contribution is -2.70. The Labute approximate surface area is 176 Å². The van der Waals surface area contributed by atoms with Gasteiger partial charge in [-0.25, -0.2) is 9.48 Å². The second-order valence-corrected chi connectivity index (χ2v) is 9.60. The zero-order valence-corrected chi connectivity index (χ0v) is 17.3. The summed E-state index contributed by atoms with van der Waals surface area (Å²) >= 11 is 4.24. The second kappa shape index (κ2) is 8.08. The number of tetrazole rings is 1. The highest BCUT2D eigenvalue weighted by molar-refractivity contribution is 8.01. The standard InChI is InChI=1S/C14H14N8O4S3/c1-6-17-18-14(29-6)28-4-7-3-27-12-9(11(24)22(12)10(7)13(25)26)16-8(23)2-21-5-15-19-20-21/h5,9,12H,2-4H2,1H3,(H,16,23)(H,25,26)/t9-,12?/m0/s1. The molecule has 0 saturated carbocycles. The quantitative estimate of drug-likeness (QED) is 0.405. The lowest BCUT2D eigenvalue weighted by molar-refractivity contribution is -0.150. The van der Waals surface area contributed by atoms with E-state index in [0.29, 0.717) is 17.1 Å². The van der Waals surface area contributed by atoms with Gasteiger partial charge in [0.2, 0.25) is 5.91 Å². The molecule has 0 aromatic carbocycles. The maximum absolute atomic E-state index is 12.6. The van der Waals surface area contributed by atoms with Crippen LogP contribution in [0.1, 0.15) is 5.01 Å². The maximum Gasteiger partial charge on any atom is 0.352 e. The molecule has 2 N–H and O–H groups in total. The zero-order valence-electron chi connectivity index (χ0n) is 14.9. The van der Waals surface area contributed by atoms with Gasteiger partial charge in [0.25, 0.3) is 5.91 Å². The van der Waals surface area contributed by atoms with Crippen LogP contribution in [0, 0.1) is 6.92 Å². The predicted molar refractivity (Wildman–Crippen MR) is 103 cm³/mol. The fraction of sp³-hybridized carbons (Fsp3) is 0.429. The highest BCUT2D eigenvalue weighted by Gasteiger charge is 2.54. The monoisotopic (exact) mass is 454 g/mol. The SMILES string of the molecule is Cc1nnc(SCC2=C(C(=O)O)N3C(=O)[C@H](NC(=O)Cn4cnnn4)C3SC2)s1. The van der Waals surface area contributed by atoms with Crippen molar-refractivity contribution in [3.05, 3.63) is 22.6 Å². The van der Waals surface area contributed by atoms with Crippen molar-refractivity contribution < 1.29 is 19.5 Å². The minimum absolute atomic E-state index is 0.0153. The van der Waals surface area contributed by atoms with E-state index >= 15 is 0 Å². The molecule has 0 bridgehead atoms. The molecule has 1 unspecified atom stereocenters. The molecular weight excluding hydrogens is 440 g/mol. The Morgan fingerprint density at radius 3 is 2.90 bits per heavy atom. The fourth-order valence-corrected chi connectivity index (χ4v) is 6.20. The summed E-state index contributed by atoms with van der Waals surface area (Å²) < 4.78 is 1.98. The van der Waals surface area contributed by atoms with Gasteiger partial charge in [-0.2, -0.15) is 0 Å². The van der Waals surface area contributed by atoms with Crippen LogP contribution in [0.3, 0.4) is 0 Å². The first-order valence-corrected chi connectivity index (χ1v) is 11.1. The van der Waals surface area contributed by atoms with Gasteiger partial charge in [0, 0.05) is 11.5 Å². The van der Waals surface area contributed by atoms with Crippen LogP contribution < -0.4 is 5.32 Å². The van der Waals surface area contributed by atoms with Crippen molar-refractivity contribution in [3.63, 3.8) is 0 Å². The number of amides is 2. The van der Waals surface area contributed by atoms with Crippen LogP contribution in [-0.4, -0.2) is 81.1 Å². The molecule has 152 valence electrons. The van der Waals surface area contributed by atoms with Crippen LogP contribution in [0.2, 0.25) is 0 Å². The van der Waals surface area contributed by atoms with Crippen LogP contribution in [0.15, 0.2) is 21.9 Å². The number of β-lactam (4-membered cyclic amide) rings is 1. The van der Waals surface area contributed by atoms with E-state index in [2.05, 4.69) is 31.0 Å². The van der Waals surface area contributed by atoms with Gasteiger partial charge in [-0.15, -0.1) is 27.1 Å². The number of fused-ring (bicyclic) bond motifs is 1. The topological polar surface area (TPSA) is 156 Å². The molecule has 2 aromatic heterocycles. The number of carbonyl (C=O) groups excluding carboxylic acids is 2. The van der Waals surface area contributed by atoms with E-state index < -0.39 is 29.2 Å². The third kappa shape index (κ3) is 3.97. The van der Waals surface area contributed by atoms with Gasteiger partial charge >= 0.3 is 5.97 Å². The third-order valence-corrected chi connectivity index (χ3v) is 7.54. The summed E-state index contributed by atoms with van der Waals surface area (Å²) in [6.45, 7) is 1.72. The largest absolute Gasteiger partial charge is 0.477 e. The van der Waals surface area contributed by atoms with Gasteiger partial charge in [0.15, 0.2) is 4.34 Å². The van der Waals surface area contributed by atoms with Crippen LogP contribution in [-0.2, 0) is 20.9 Å². The van der Waals surface area contributed by atoms with Gasteiger partial charge in [-0.3, -0.25) is 14.5 Å². The molecule has 0 spiro atoms. The first kappa shape index (κ1) is 19.8. The molecule has 29 heavy (non-hydrogen) atoms. The van der Waals surface area contributed by atoms with E-state index in [4.69, 9.17) is 0 Å². The van der Waals surface area contributed by atoms with E-state index in [1.807, 2.05) is 6.92 Å². The fourth-order valence-electron chi connectivity index (χ4n) is 2.90. The van der Waals surface area contributed by atoms with Gasteiger partial charge < -0.3 is 10.4 Å². The van der Waals surface area contributed by atoms with E-state index in [1.54, 1.807) is 0 Å². The number of nitrogens with one attached hydrogen (secondary N) is 1. The number of hydrogen-bond acceptors (Lipinski definition) is 11. The van der Waals surface area contributed by atoms with Crippen LogP contribution in [0.25, 0.3) is 0 Å². The summed E-state index contributed by atoms with van der Waals surface area (Å²) in [5, 5.41) is 31.1. The summed E-state index contributed by atoms with van der Waals surface area (Å²) in [7, 11) is 0. The summed E-state index contributed by atoms with van der Waals surface area (Å²) in [5.41, 5.74) is 0.627. The van der Waals surface area contributed by atoms with E-state index in [-0.39, 0.29) is 12.2 Å². The predicted octanol–water partition coefficient (Wildman–Crippen LogP) is -0.636. The normalized spacial score (nSPS) is 21.0. The maximum atomic E-state index is 12.6. The minimum atomic E-state index is -1.16. The van der Waals surface area contributed by atoms with Crippen molar-refractivity contribution in [2.24, 2.45) is 0 Å². The van der Waals surface area contributed by atoms with Gasteiger partial charge in [-0.1, -0.05) is 23.1 Å². The highest BCUT2D eigenvalue weighted by Crippen LogP contribution is 2.41. The van der Waals surface area contributed by atoms with Crippen LogP contribution >= 0.6 is 34.9 Å². The molecule has 4 heterocycles. The van der Waals surface area contributed by atoms with Crippen molar-refractivity contribution in [2.75, 3.05) is 11.5 Å². The Morgan fingerprint density at radius 1 is 1.41 bits per heavy atom. The molecule has 0 aliphatic carbocycles. The minimum Gasteiger partial charge on any atom is -0.477 e. The number of aryl methyl sites for hydroxylation is 1. The van der Waals surface area contributed by atoms with Crippen molar-refractivity contribution in [1.29, 1.82) is 0 Å². The molecule has 4 rings (SSSR count). The molecule has 15 heteroatoms. The third-order valence-electron chi connectivity index (χ3n) is 4.14. The molecule has 2 aliphatic rings.